The second-order valence-corrected chi connectivity index (χ2v) is 3.69. The number of benzene rings is 1. The Hall–Kier alpha value is -1.02. The monoisotopic (exact) mass is 192 g/mol. The quantitative estimate of drug-likeness (QED) is 0.556. The molecule has 0 aromatic heterocycles. The van der Waals surface area contributed by atoms with Crippen molar-refractivity contribution < 1.29 is 0 Å². The van der Waals surface area contributed by atoms with E-state index in [1.807, 2.05) is 6.07 Å². The number of unbranched alkanes of at least 4 members (excludes halogenated alkanes) is 2. The molecule has 0 aliphatic heterocycles. The predicted molar refractivity (Wildman–Crippen MR) is 62.0 cm³/mol. The van der Waals surface area contributed by atoms with E-state index in [1.165, 1.54) is 24.8 Å². The molecular weight excluding hydrogens is 172 g/mol. The van der Waals surface area contributed by atoms with Gasteiger partial charge in [0, 0.05) is 12.2 Å². The highest BCUT2D eigenvalue weighted by Crippen LogP contribution is 2.15. The summed E-state index contributed by atoms with van der Waals surface area (Å²) in [6.45, 7) is 2.75. The van der Waals surface area contributed by atoms with Gasteiger partial charge in [-0.15, -0.1) is 0 Å². The fourth-order valence-electron chi connectivity index (χ4n) is 1.57. The van der Waals surface area contributed by atoms with Gasteiger partial charge in [0.2, 0.25) is 0 Å². The van der Waals surface area contributed by atoms with Gasteiger partial charge in [0.25, 0.3) is 0 Å². The topological polar surface area (TPSA) is 52.0 Å². The number of nitrogens with two attached hydrogens (primary N) is 2. The molecule has 1 rings (SSSR count). The van der Waals surface area contributed by atoms with E-state index < -0.39 is 0 Å². The SMILES string of the molecule is CCCCCc1ccc(N)c(CN)c1. The Morgan fingerprint density at radius 2 is 2.00 bits per heavy atom. The van der Waals surface area contributed by atoms with Crippen LogP contribution in [0.2, 0.25) is 0 Å². The van der Waals surface area contributed by atoms with E-state index in [-0.39, 0.29) is 0 Å². The normalized spacial score (nSPS) is 10.4. The summed E-state index contributed by atoms with van der Waals surface area (Å²) in [5.41, 5.74) is 14.6. The van der Waals surface area contributed by atoms with Gasteiger partial charge in [-0.05, 0) is 30.0 Å². The fraction of sp³-hybridized carbons (Fsp3) is 0.500. The fourth-order valence-corrected chi connectivity index (χ4v) is 1.57. The smallest absolute Gasteiger partial charge is 0.0359 e. The lowest BCUT2D eigenvalue weighted by Crippen LogP contribution is -2.02. The van der Waals surface area contributed by atoms with Gasteiger partial charge < -0.3 is 11.5 Å². The Bertz CT molecular complexity index is 282. The van der Waals surface area contributed by atoms with E-state index >= 15 is 0 Å². The zero-order valence-electron chi connectivity index (χ0n) is 8.92. The van der Waals surface area contributed by atoms with Crippen molar-refractivity contribution in [1.29, 1.82) is 0 Å². The molecule has 0 aliphatic rings. The van der Waals surface area contributed by atoms with Crippen LogP contribution in [-0.4, -0.2) is 0 Å². The van der Waals surface area contributed by atoms with Gasteiger partial charge in [0.05, 0.1) is 0 Å². The van der Waals surface area contributed by atoms with Crippen molar-refractivity contribution in [3.05, 3.63) is 29.3 Å². The van der Waals surface area contributed by atoms with Crippen molar-refractivity contribution in [3.63, 3.8) is 0 Å². The molecule has 0 amide bonds. The van der Waals surface area contributed by atoms with Crippen LogP contribution in [0.25, 0.3) is 0 Å². The van der Waals surface area contributed by atoms with Gasteiger partial charge >= 0.3 is 0 Å². The molecule has 0 fully saturated rings. The van der Waals surface area contributed by atoms with E-state index in [2.05, 4.69) is 19.1 Å². The largest absolute Gasteiger partial charge is 0.398 e. The Morgan fingerprint density at radius 3 is 2.64 bits per heavy atom. The summed E-state index contributed by atoms with van der Waals surface area (Å²) in [6, 6.07) is 6.19. The van der Waals surface area contributed by atoms with Crippen LogP contribution in [0.5, 0.6) is 0 Å². The second kappa shape index (κ2) is 5.66. The van der Waals surface area contributed by atoms with E-state index in [1.54, 1.807) is 0 Å². The molecule has 0 spiro atoms. The number of hydrogen-bond donors (Lipinski definition) is 2. The van der Waals surface area contributed by atoms with Gasteiger partial charge in [-0.25, -0.2) is 0 Å². The van der Waals surface area contributed by atoms with Crippen LogP contribution in [-0.2, 0) is 13.0 Å². The first-order chi connectivity index (χ1) is 6.77. The third-order valence-electron chi connectivity index (χ3n) is 2.50. The molecule has 0 atom stereocenters. The van der Waals surface area contributed by atoms with Crippen molar-refractivity contribution in [2.45, 2.75) is 39.2 Å². The number of nitrogen functional groups attached to an aromatic ring is 1. The lowest BCUT2D eigenvalue weighted by Gasteiger charge is -2.06. The average Bonchev–Trinajstić information content (AvgIpc) is 2.21. The minimum Gasteiger partial charge on any atom is -0.398 e. The number of hydrogen-bond acceptors (Lipinski definition) is 2. The molecule has 1 aromatic rings. The molecule has 4 N–H and O–H groups in total. The highest BCUT2D eigenvalue weighted by molar-refractivity contribution is 5.48. The summed E-state index contributed by atoms with van der Waals surface area (Å²) in [6.07, 6.45) is 4.95. The molecule has 1 aromatic carbocycles. The lowest BCUT2D eigenvalue weighted by molar-refractivity contribution is 0.717. The molecule has 0 saturated heterocycles. The Morgan fingerprint density at radius 1 is 1.21 bits per heavy atom. The van der Waals surface area contributed by atoms with Crippen LogP contribution in [0.1, 0.15) is 37.3 Å². The summed E-state index contributed by atoms with van der Waals surface area (Å²) in [5.74, 6) is 0. The number of rotatable bonds is 5. The molecule has 78 valence electrons. The molecule has 14 heavy (non-hydrogen) atoms. The molecule has 0 radical (unpaired) electrons. The van der Waals surface area contributed by atoms with Crippen molar-refractivity contribution >= 4 is 5.69 Å². The van der Waals surface area contributed by atoms with Crippen molar-refractivity contribution in [1.82, 2.24) is 0 Å². The van der Waals surface area contributed by atoms with Crippen LogP contribution in [0.3, 0.4) is 0 Å². The maximum Gasteiger partial charge on any atom is 0.0359 e. The zero-order chi connectivity index (χ0) is 10.4. The summed E-state index contributed by atoms with van der Waals surface area (Å²) >= 11 is 0. The lowest BCUT2D eigenvalue weighted by atomic mass is 10.0. The van der Waals surface area contributed by atoms with Crippen molar-refractivity contribution in [2.24, 2.45) is 5.73 Å². The molecule has 0 bridgehead atoms. The summed E-state index contributed by atoms with van der Waals surface area (Å²) in [5, 5.41) is 0. The van der Waals surface area contributed by atoms with Crippen LogP contribution in [0.15, 0.2) is 18.2 Å². The third kappa shape index (κ3) is 3.04. The van der Waals surface area contributed by atoms with Crippen LogP contribution >= 0.6 is 0 Å². The van der Waals surface area contributed by atoms with Crippen LogP contribution in [0, 0.1) is 0 Å². The Balaban J connectivity index is 2.60. The van der Waals surface area contributed by atoms with Crippen molar-refractivity contribution in [2.75, 3.05) is 5.73 Å². The molecule has 0 heterocycles. The van der Waals surface area contributed by atoms with E-state index in [0.717, 1.165) is 17.7 Å². The highest BCUT2D eigenvalue weighted by Gasteiger charge is 1.99. The Kier molecular flexibility index (Phi) is 4.47. The van der Waals surface area contributed by atoms with E-state index in [0.29, 0.717) is 6.54 Å². The number of anilines is 1. The number of aryl methyl sites for hydroxylation is 1. The molecule has 2 nitrogen and oxygen atoms in total. The molecule has 2 heteroatoms. The summed E-state index contributed by atoms with van der Waals surface area (Å²) < 4.78 is 0. The molecule has 0 saturated carbocycles. The van der Waals surface area contributed by atoms with Gasteiger partial charge in [-0.1, -0.05) is 31.9 Å². The predicted octanol–water partition coefficient (Wildman–Crippen LogP) is 2.46. The minimum atomic E-state index is 0.535. The molecular formula is C12H20N2. The highest BCUT2D eigenvalue weighted by atomic mass is 14.6. The van der Waals surface area contributed by atoms with Gasteiger partial charge in [-0.2, -0.15) is 0 Å². The summed E-state index contributed by atoms with van der Waals surface area (Å²) in [4.78, 5) is 0. The first kappa shape index (κ1) is 11.1. The summed E-state index contributed by atoms with van der Waals surface area (Å²) in [7, 11) is 0. The van der Waals surface area contributed by atoms with Crippen molar-refractivity contribution in [3.8, 4) is 0 Å². The van der Waals surface area contributed by atoms with E-state index in [4.69, 9.17) is 11.5 Å². The molecule has 0 unspecified atom stereocenters. The molecule has 0 aliphatic carbocycles. The first-order valence-electron chi connectivity index (χ1n) is 5.35. The van der Waals surface area contributed by atoms with Gasteiger partial charge in [0.1, 0.15) is 0 Å². The van der Waals surface area contributed by atoms with Gasteiger partial charge in [0.15, 0.2) is 0 Å². The second-order valence-electron chi connectivity index (χ2n) is 3.69. The Labute approximate surface area is 86.3 Å². The van der Waals surface area contributed by atoms with E-state index in [9.17, 15) is 0 Å². The van der Waals surface area contributed by atoms with Crippen LogP contribution < -0.4 is 11.5 Å². The zero-order valence-corrected chi connectivity index (χ0v) is 8.92. The standard InChI is InChI=1S/C12H20N2/c1-2-3-4-5-10-6-7-12(14)11(8-10)9-13/h6-8H,2-5,9,13-14H2,1H3. The van der Waals surface area contributed by atoms with Gasteiger partial charge in [-0.3, -0.25) is 0 Å². The average molecular weight is 192 g/mol. The first-order valence-corrected chi connectivity index (χ1v) is 5.35. The van der Waals surface area contributed by atoms with Crippen LogP contribution in [0.4, 0.5) is 5.69 Å². The third-order valence-corrected chi connectivity index (χ3v) is 2.50. The maximum absolute atomic E-state index is 5.77. The minimum absolute atomic E-state index is 0.535. The maximum atomic E-state index is 5.77.